The van der Waals surface area contributed by atoms with E-state index in [9.17, 15) is 13.2 Å². The Labute approximate surface area is 72.4 Å². The lowest BCUT2D eigenvalue weighted by atomic mass is 10.1. The van der Waals surface area contributed by atoms with Crippen LogP contribution in [0, 0.1) is 11.3 Å². The molecule has 0 unspecified atom stereocenters. The Morgan fingerprint density at radius 1 is 1.31 bits per heavy atom. The summed E-state index contributed by atoms with van der Waals surface area (Å²) < 4.78 is 36.4. The average molecular weight is 186 g/mol. The summed E-state index contributed by atoms with van der Waals surface area (Å²) in [5.41, 5.74) is 3.89. The van der Waals surface area contributed by atoms with Crippen molar-refractivity contribution >= 4 is 5.69 Å². The van der Waals surface area contributed by atoms with Gasteiger partial charge in [-0.1, -0.05) is 0 Å². The molecule has 0 heterocycles. The highest BCUT2D eigenvalue weighted by Gasteiger charge is 2.32. The molecule has 2 nitrogen and oxygen atoms in total. The molecule has 0 aromatic heterocycles. The second-order valence-electron chi connectivity index (χ2n) is 2.41. The van der Waals surface area contributed by atoms with Crippen LogP contribution in [0.5, 0.6) is 0 Å². The van der Waals surface area contributed by atoms with Crippen LogP contribution in [-0.2, 0) is 6.18 Å². The van der Waals surface area contributed by atoms with E-state index in [2.05, 4.69) is 0 Å². The standard InChI is InChI=1S/C8H5F3N2/c9-8(10,11)6-2-1-5(4-12)3-7(6)13/h1-3H,13H2. The zero-order valence-electron chi connectivity index (χ0n) is 6.39. The van der Waals surface area contributed by atoms with Crippen molar-refractivity contribution < 1.29 is 13.2 Å². The molecule has 0 saturated heterocycles. The first kappa shape index (κ1) is 9.39. The van der Waals surface area contributed by atoms with Gasteiger partial charge in [0.1, 0.15) is 0 Å². The highest BCUT2D eigenvalue weighted by atomic mass is 19.4. The van der Waals surface area contributed by atoms with Crippen molar-refractivity contribution in [1.82, 2.24) is 0 Å². The maximum atomic E-state index is 12.1. The van der Waals surface area contributed by atoms with Crippen LogP contribution < -0.4 is 5.73 Å². The number of rotatable bonds is 0. The second kappa shape index (κ2) is 2.98. The van der Waals surface area contributed by atoms with E-state index >= 15 is 0 Å². The van der Waals surface area contributed by atoms with Crippen LogP contribution >= 0.6 is 0 Å². The van der Waals surface area contributed by atoms with E-state index in [1.807, 2.05) is 0 Å². The number of nitrogens with two attached hydrogens (primary N) is 1. The SMILES string of the molecule is N#Cc1ccc(C(F)(F)F)c(N)c1. The van der Waals surface area contributed by atoms with Gasteiger partial charge in [0, 0.05) is 5.69 Å². The van der Waals surface area contributed by atoms with Crippen LogP contribution in [0.4, 0.5) is 18.9 Å². The molecular formula is C8H5F3N2. The molecule has 0 fully saturated rings. The first-order valence-electron chi connectivity index (χ1n) is 3.32. The van der Waals surface area contributed by atoms with Crippen LogP contribution in [0.15, 0.2) is 18.2 Å². The Morgan fingerprint density at radius 3 is 2.31 bits per heavy atom. The van der Waals surface area contributed by atoms with Crippen molar-refractivity contribution in [3.63, 3.8) is 0 Å². The van der Waals surface area contributed by atoms with Gasteiger partial charge in [-0.2, -0.15) is 18.4 Å². The Morgan fingerprint density at radius 2 is 1.92 bits per heavy atom. The number of benzene rings is 1. The molecule has 0 aliphatic carbocycles. The van der Waals surface area contributed by atoms with Gasteiger partial charge in [0.05, 0.1) is 17.2 Å². The summed E-state index contributed by atoms with van der Waals surface area (Å²) in [6.45, 7) is 0. The molecule has 0 saturated carbocycles. The van der Waals surface area contributed by atoms with E-state index in [4.69, 9.17) is 11.0 Å². The molecule has 1 aromatic carbocycles. The smallest absolute Gasteiger partial charge is 0.398 e. The lowest BCUT2D eigenvalue weighted by Gasteiger charge is -2.08. The molecule has 0 aliphatic heterocycles. The predicted molar refractivity (Wildman–Crippen MR) is 40.6 cm³/mol. The van der Waals surface area contributed by atoms with E-state index in [0.717, 1.165) is 18.2 Å². The predicted octanol–water partition coefficient (Wildman–Crippen LogP) is 2.16. The number of hydrogen-bond acceptors (Lipinski definition) is 2. The van der Waals surface area contributed by atoms with Gasteiger partial charge in [0.15, 0.2) is 0 Å². The number of alkyl halides is 3. The molecule has 68 valence electrons. The topological polar surface area (TPSA) is 49.8 Å². The van der Waals surface area contributed by atoms with Crippen molar-refractivity contribution in [2.24, 2.45) is 0 Å². The van der Waals surface area contributed by atoms with Gasteiger partial charge in [-0.15, -0.1) is 0 Å². The minimum absolute atomic E-state index is 0.116. The van der Waals surface area contributed by atoms with Gasteiger partial charge in [-0.05, 0) is 18.2 Å². The summed E-state index contributed by atoms with van der Waals surface area (Å²) in [5.74, 6) is 0. The lowest BCUT2D eigenvalue weighted by Crippen LogP contribution is -2.08. The van der Waals surface area contributed by atoms with Crippen LogP contribution in [0.2, 0.25) is 0 Å². The minimum atomic E-state index is -4.46. The fourth-order valence-electron chi connectivity index (χ4n) is 0.890. The maximum absolute atomic E-state index is 12.1. The molecule has 5 heteroatoms. The lowest BCUT2D eigenvalue weighted by molar-refractivity contribution is -0.136. The summed E-state index contributed by atoms with van der Waals surface area (Å²) in [7, 11) is 0. The number of halogens is 3. The molecule has 0 spiro atoms. The largest absolute Gasteiger partial charge is 0.418 e. The van der Waals surface area contributed by atoms with Gasteiger partial charge in [-0.3, -0.25) is 0 Å². The Kier molecular flexibility index (Phi) is 2.15. The highest BCUT2D eigenvalue weighted by molar-refractivity contribution is 5.53. The molecule has 0 amide bonds. The summed E-state index contributed by atoms with van der Waals surface area (Å²) in [6, 6.07) is 4.58. The van der Waals surface area contributed by atoms with E-state index in [1.165, 1.54) is 0 Å². The summed E-state index contributed by atoms with van der Waals surface area (Å²) >= 11 is 0. The van der Waals surface area contributed by atoms with Gasteiger partial charge in [0.2, 0.25) is 0 Å². The highest BCUT2D eigenvalue weighted by Crippen LogP contribution is 2.33. The third-order valence-corrected chi connectivity index (χ3v) is 1.49. The molecule has 2 N–H and O–H groups in total. The maximum Gasteiger partial charge on any atom is 0.418 e. The van der Waals surface area contributed by atoms with Crippen molar-refractivity contribution in [2.75, 3.05) is 5.73 Å². The molecule has 0 atom stereocenters. The molecular weight excluding hydrogens is 181 g/mol. The number of anilines is 1. The monoisotopic (exact) mass is 186 g/mol. The van der Waals surface area contributed by atoms with Crippen LogP contribution in [0.3, 0.4) is 0 Å². The second-order valence-corrected chi connectivity index (χ2v) is 2.41. The summed E-state index contributed by atoms with van der Waals surface area (Å²) in [5, 5.41) is 8.37. The van der Waals surface area contributed by atoms with Crippen molar-refractivity contribution in [3.05, 3.63) is 29.3 Å². The van der Waals surface area contributed by atoms with E-state index in [-0.39, 0.29) is 5.56 Å². The van der Waals surface area contributed by atoms with Crippen LogP contribution in [-0.4, -0.2) is 0 Å². The fraction of sp³-hybridized carbons (Fsp3) is 0.125. The number of nitrogens with zero attached hydrogens (tertiary/aromatic N) is 1. The fourth-order valence-corrected chi connectivity index (χ4v) is 0.890. The van der Waals surface area contributed by atoms with E-state index in [0.29, 0.717) is 0 Å². The van der Waals surface area contributed by atoms with Crippen LogP contribution in [0.25, 0.3) is 0 Å². The van der Waals surface area contributed by atoms with Crippen molar-refractivity contribution in [2.45, 2.75) is 6.18 Å². The Bertz CT molecular complexity index is 363. The summed E-state index contributed by atoms with van der Waals surface area (Å²) in [6.07, 6.45) is -4.46. The number of nitrogen functional groups attached to an aromatic ring is 1. The third-order valence-electron chi connectivity index (χ3n) is 1.49. The molecule has 0 radical (unpaired) electrons. The molecule has 1 aromatic rings. The number of nitriles is 1. The molecule has 0 bridgehead atoms. The summed E-state index contributed by atoms with van der Waals surface area (Å²) in [4.78, 5) is 0. The van der Waals surface area contributed by atoms with E-state index < -0.39 is 17.4 Å². The van der Waals surface area contributed by atoms with Gasteiger partial charge in [0.25, 0.3) is 0 Å². The van der Waals surface area contributed by atoms with Crippen molar-refractivity contribution in [1.29, 1.82) is 5.26 Å². The Hall–Kier alpha value is -1.70. The molecule has 0 aliphatic rings. The van der Waals surface area contributed by atoms with E-state index in [1.54, 1.807) is 6.07 Å². The zero-order chi connectivity index (χ0) is 10.1. The van der Waals surface area contributed by atoms with Crippen molar-refractivity contribution in [3.8, 4) is 6.07 Å². The zero-order valence-corrected chi connectivity index (χ0v) is 6.39. The minimum Gasteiger partial charge on any atom is -0.398 e. The normalized spacial score (nSPS) is 10.9. The van der Waals surface area contributed by atoms with Gasteiger partial charge in [-0.25, -0.2) is 0 Å². The van der Waals surface area contributed by atoms with Gasteiger partial charge >= 0.3 is 6.18 Å². The van der Waals surface area contributed by atoms with Crippen LogP contribution in [0.1, 0.15) is 11.1 Å². The number of hydrogen-bond donors (Lipinski definition) is 1. The molecule has 1 rings (SSSR count). The third kappa shape index (κ3) is 1.90. The first-order chi connectivity index (χ1) is 5.95. The Balaban J connectivity index is 3.23. The average Bonchev–Trinajstić information content (AvgIpc) is 2.01. The first-order valence-corrected chi connectivity index (χ1v) is 3.32. The quantitative estimate of drug-likeness (QED) is 0.631. The molecule has 13 heavy (non-hydrogen) atoms. The van der Waals surface area contributed by atoms with Gasteiger partial charge < -0.3 is 5.73 Å².